The Labute approximate surface area is 196 Å². The number of hydrogen-bond acceptors (Lipinski definition) is 6. The number of benzene rings is 2. The van der Waals surface area contributed by atoms with Gasteiger partial charge < -0.3 is 15.2 Å². The molecule has 0 spiro atoms. The highest BCUT2D eigenvalue weighted by Crippen LogP contribution is 2.25. The number of carboxylic acid groups (broad SMARTS) is 1. The van der Waals surface area contributed by atoms with Crippen molar-refractivity contribution in [2.75, 3.05) is 10.6 Å². The van der Waals surface area contributed by atoms with Crippen molar-refractivity contribution in [1.29, 1.82) is 0 Å². The van der Waals surface area contributed by atoms with Crippen molar-refractivity contribution >= 4 is 45.6 Å². The van der Waals surface area contributed by atoms with Crippen molar-refractivity contribution in [3.05, 3.63) is 69.7 Å². The minimum absolute atomic E-state index is 0.0456. The summed E-state index contributed by atoms with van der Waals surface area (Å²) in [7, 11) is 0. The quantitative estimate of drug-likeness (QED) is 0.360. The number of carbonyl (C=O) groups excluding carboxylic acids is 1. The molecule has 3 aromatic rings. The molecule has 0 bridgehead atoms. The summed E-state index contributed by atoms with van der Waals surface area (Å²) in [5, 5.41) is 15.7. The highest BCUT2D eigenvalue weighted by atomic mass is 35.5. The number of thiazole rings is 1. The van der Waals surface area contributed by atoms with Gasteiger partial charge >= 0.3 is 5.97 Å². The van der Waals surface area contributed by atoms with E-state index < -0.39 is 11.9 Å². The van der Waals surface area contributed by atoms with Crippen LogP contribution in [0.4, 0.5) is 10.8 Å². The summed E-state index contributed by atoms with van der Waals surface area (Å²) in [6.07, 6.45) is 1.13. The SMILES string of the molecule is CC.CC(C)Oc1cc(NCc2ccccc2Cl)cc(C(=O)Nc2ncc(C(=O)O)s2)c1. The molecule has 0 atom stereocenters. The van der Waals surface area contributed by atoms with Gasteiger partial charge in [-0.1, -0.05) is 55.0 Å². The zero-order valence-corrected chi connectivity index (χ0v) is 19.9. The number of nitrogens with one attached hydrogen (secondary N) is 2. The Hall–Kier alpha value is -3.10. The molecule has 1 amide bonds. The number of aromatic nitrogens is 1. The molecule has 0 aliphatic carbocycles. The van der Waals surface area contributed by atoms with Crippen LogP contribution in [0.15, 0.2) is 48.7 Å². The first-order valence-electron chi connectivity index (χ1n) is 10.1. The van der Waals surface area contributed by atoms with Crippen molar-refractivity contribution in [2.24, 2.45) is 0 Å². The second-order valence-corrected chi connectivity index (χ2v) is 8.08. The topological polar surface area (TPSA) is 101 Å². The van der Waals surface area contributed by atoms with Gasteiger partial charge in [-0.15, -0.1) is 0 Å². The van der Waals surface area contributed by atoms with Crippen LogP contribution in [-0.4, -0.2) is 28.1 Å². The highest BCUT2D eigenvalue weighted by molar-refractivity contribution is 7.17. The lowest BCUT2D eigenvalue weighted by molar-refractivity contribution is 0.0701. The van der Waals surface area contributed by atoms with Crippen LogP contribution in [0.1, 0.15) is 53.3 Å². The van der Waals surface area contributed by atoms with E-state index in [0.717, 1.165) is 16.9 Å². The Balaban J connectivity index is 0.00000176. The molecule has 0 saturated carbocycles. The highest BCUT2D eigenvalue weighted by Gasteiger charge is 2.15. The van der Waals surface area contributed by atoms with Gasteiger partial charge in [0.15, 0.2) is 5.13 Å². The normalized spacial score (nSPS) is 10.2. The van der Waals surface area contributed by atoms with E-state index in [9.17, 15) is 9.59 Å². The monoisotopic (exact) mass is 475 g/mol. The predicted octanol–water partition coefficient (Wildman–Crippen LogP) is 6.17. The van der Waals surface area contributed by atoms with Crippen LogP contribution in [0, 0.1) is 0 Å². The van der Waals surface area contributed by atoms with E-state index in [1.54, 1.807) is 18.2 Å². The lowest BCUT2D eigenvalue weighted by Gasteiger charge is -2.15. The second kappa shape index (κ2) is 12.1. The van der Waals surface area contributed by atoms with Crippen molar-refractivity contribution in [1.82, 2.24) is 4.98 Å². The van der Waals surface area contributed by atoms with Gasteiger partial charge in [-0.2, -0.15) is 0 Å². The summed E-state index contributed by atoms with van der Waals surface area (Å²) in [6.45, 7) is 8.26. The lowest BCUT2D eigenvalue weighted by Crippen LogP contribution is -2.13. The molecule has 0 aliphatic heterocycles. The van der Waals surface area contributed by atoms with Crippen LogP contribution in [0.25, 0.3) is 0 Å². The van der Waals surface area contributed by atoms with Gasteiger partial charge in [0.05, 0.1) is 12.3 Å². The zero-order valence-electron chi connectivity index (χ0n) is 18.3. The van der Waals surface area contributed by atoms with E-state index in [4.69, 9.17) is 21.4 Å². The molecule has 1 aromatic heterocycles. The molecular formula is C23H26ClN3O4S. The maximum atomic E-state index is 12.7. The molecule has 0 fully saturated rings. The van der Waals surface area contributed by atoms with Gasteiger partial charge in [0.2, 0.25) is 0 Å². The molecule has 32 heavy (non-hydrogen) atoms. The number of ether oxygens (including phenoxy) is 1. The molecule has 0 aliphatic rings. The standard InChI is InChI=1S/C21H20ClN3O4S.C2H6/c1-12(2)29-16-8-14(19(26)25-21-24-11-18(30-21)20(27)28)7-15(9-16)23-10-13-5-3-4-6-17(13)22;1-2/h3-9,11-12,23H,10H2,1-2H3,(H,27,28)(H,24,25,26);1-2H3. The zero-order chi connectivity index (χ0) is 23.7. The number of anilines is 2. The van der Waals surface area contributed by atoms with E-state index in [2.05, 4.69) is 15.6 Å². The summed E-state index contributed by atoms with van der Waals surface area (Å²) in [6, 6.07) is 12.6. The van der Waals surface area contributed by atoms with Crippen LogP contribution in [-0.2, 0) is 6.54 Å². The number of carboxylic acids is 1. The van der Waals surface area contributed by atoms with Crippen LogP contribution < -0.4 is 15.4 Å². The van der Waals surface area contributed by atoms with Crippen molar-refractivity contribution in [3.63, 3.8) is 0 Å². The molecule has 1 heterocycles. The average Bonchev–Trinajstić information content (AvgIpc) is 3.23. The van der Waals surface area contributed by atoms with E-state index in [1.807, 2.05) is 52.0 Å². The minimum atomic E-state index is -1.09. The number of halogens is 1. The maximum absolute atomic E-state index is 12.7. The molecule has 7 nitrogen and oxygen atoms in total. The van der Waals surface area contributed by atoms with Gasteiger partial charge in [-0.05, 0) is 37.6 Å². The van der Waals surface area contributed by atoms with E-state index in [-0.39, 0.29) is 16.1 Å². The number of hydrogen-bond donors (Lipinski definition) is 3. The fourth-order valence-corrected chi connectivity index (χ4v) is 3.46. The largest absolute Gasteiger partial charge is 0.491 e. The number of rotatable bonds is 8. The summed E-state index contributed by atoms with van der Waals surface area (Å²) in [4.78, 5) is 27.7. The number of aromatic carboxylic acids is 1. The van der Waals surface area contributed by atoms with Crippen molar-refractivity contribution in [2.45, 2.75) is 40.3 Å². The molecule has 9 heteroatoms. The van der Waals surface area contributed by atoms with Gasteiger partial charge in [-0.3, -0.25) is 10.1 Å². The van der Waals surface area contributed by atoms with Gasteiger partial charge in [0.1, 0.15) is 10.6 Å². The summed E-state index contributed by atoms with van der Waals surface area (Å²) in [5.74, 6) is -0.979. The summed E-state index contributed by atoms with van der Waals surface area (Å²) >= 11 is 7.10. The van der Waals surface area contributed by atoms with Crippen LogP contribution in [0.3, 0.4) is 0 Å². The lowest BCUT2D eigenvalue weighted by atomic mass is 10.1. The Morgan fingerprint density at radius 1 is 1.19 bits per heavy atom. The van der Waals surface area contributed by atoms with E-state index in [1.165, 1.54) is 6.20 Å². The molecule has 3 rings (SSSR count). The fraction of sp³-hybridized carbons (Fsp3) is 0.261. The molecule has 170 valence electrons. The van der Waals surface area contributed by atoms with Crippen LogP contribution >= 0.6 is 22.9 Å². The third-order valence-corrected chi connectivity index (χ3v) is 5.19. The molecule has 2 aromatic carbocycles. The number of amides is 1. The van der Waals surface area contributed by atoms with Gasteiger partial charge in [-0.25, -0.2) is 9.78 Å². The molecular weight excluding hydrogens is 450 g/mol. The van der Waals surface area contributed by atoms with Crippen LogP contribution in [0.2, 0.25) is 5.02 Å². The van der Waals surface area contributed by atoms with Gasteiger partial charge in [0.25, 0.3) is 5.91 Å². The fourth-order valence-electron chi connectivity index (χ4n) is 2.61. The Morgan fingerprint density at radius 3 is 2.53 bits per heavy atom. The molecule has 0 radical (unpaired) electrons. The van der Waals surface area contributed by atoms with Crippen LogP contribution in [0.5, 0.6) is 5.75 Å². The maximum Gasteiger partial charge on any atom is 0.347 e. The van der Waals surface area contributed by atoms with E-state index >= 15 is 0 Å². The van der Waals surface area contributed by atoms with Crippen molar-refractivity contribution < 1.29 is 19.4 Å². The van der Waals surface area contributed by atoms with E-state index in [0.29, 0.717) is 28.6 Å². The Bertz CT molecular complexity index is 1070. The first-order valence-corrected chi connectivity index (χ1v) is 11.3. The number of nitrogens with zero attached hydrogens (tertiary/aromatic N) is 1. The number of carbonyl (C=O) groups is 2. The smallest absolute Gasteiger partial charge is 0.347 e. The Kier molecular flexibility index (Phi) is 9.49. The average molecular weight is 476 g/mol. The third-order valence-electron chi connectivity index (χ3n) is 3.92. The Morgan fingerprint density at radius 2 is 1.91 bits per heavy atom. The molecule has 3 N–H and O–H groups in total. The summed E-state index contributed by atoms with van der Waals surface area (Å²) in [5.41, 5.74) is 1.95. The molecule has 0 saturated heterocycles. The summed E-state index contributed by atoms with van der Waals surface area (Å²) < 4.78 is 5.77. The second-order valence-electron chi connectivity index (χ2n) is 6.65. The predicted molar refractivity (Wildman–Crippen MR) is 129 cm³/mol. The third kappa shape index (κ3) is 7.25. The first kappa shape index (κ1) is 25.2. The van der Waals surface area contributed by atoms with Crippen molar-refractivity contribution in [3.8, 4) is 5.75 Å². The minimum Gasteiger partial charge on any atom is -0.491 e. The first-order chi connectivity index (χ1) is 15.3. The molecule has 0 unspecified atom stereocenters. The van der Waals surface area contributed by atoms with Gasteiger partial charge in [0, 0.05) is 28.9 Å².